The lowest BCUT2D eigenvalue weighted by Crippen LogP contribution is -2.03. The molecule has 0 saturated heterocycles. The maximum Gasteiger partial charge on any atom is 0.269 e. The van der Waals surface area contributed by atoms with E-state index >= 15 is 0 Å². The van der Waals surface area contributed by atoms with Crippen LogP contribution in [0.25, 0.3) is 0 Å². The normalized spacial score (nSPS) is 12.1. The second kappa shape index (κ2) is 4.15. The number of aromatic nitrogens is 1. The van der Waals surface area contributed by atoms with Crippen LogP contribution in [0.1, 0.15) is 12.0 Å². The van der Waals surface area contributed by atoms with Gasteiger partial charge in [-0.1, -0.05) is 11.6 Å². The Kier molecular flexibility index (Phi) is 3.47. The Labute approximate surface area is 92.2 Å². The number of hydrogen-bond acceptors (Lipinski definition) is 3. The zero-order chi connectivity index (χ0) is 11.8. The summed E-state index contributed by atoms with van der Waals surface area (Å²) in [5.74, 6) is -1.68. The van der Waals surface area contributed by atoms with E-state index in [1.165, 1.54) is 0 Å². The van der Waals surface area contributed by atoms with Crippen molar-refractivity contribution in [3.63, 3.8) is 0 Å². The second-order valence-corrected chi connectivity index (χ2v) is 5.27. The van der Waals surface area contributed by atoms with E-state index in [9.17, 15) is 21.6 Å². The molecular formula is C6H2Cl2F3NO2S. The lowest BCUT2D eigenvalue weighted by molar-refractivity contribution is 0.145. The van der Waals surface area contributed by atoms with Gasteiger partial charge in [0.15, 0.2) is 5.82 Å². The fourth-order valence-electron chi connectivity index (χ4n) is 0.821. The van der Waals surface area contributed by atoms with Gasteiger partial charge in [-0.05, 0) is 0 Å². The first-order valence-electron chi connectivity index (χ1n) is 3.32. The number of pyridine rings is 1. The Balaban J connectivity index is 3.56. The van der Waals surface area contributed by atoms with Crippen LogP contribution in [0.5, 0.6) is 0 Å². The van der Waals surface area contributed by atoms with Crippen LogP contribution in [0.15, 0.2) is 11.1 Å². The van der Waals surface area contributed by atoms with E-state index in [-0.39, 0.29) is 0 Å². The van der Waals surface area contributed by atoms with Crippen LogP contribution in [-0.2, 0) is 9.05 Å². The molecule has 15 heavy (non-hydrogen) atoms. The SMILES string of the molecule is O=S(=O)(Cl)c1cnc(Cl)c(C(F)F)c1F. The predicted octanol–water partition coefficient (Wildman–Crippen LogP) is 2.74. The third-order valence-corrected chi connectivity index (χ3v) is 3.06. The van der Waals surface area contributed by atoms with E-state index < -0.39 is 36.9 Å². The van der Waals surface area contributed by atoms with Gasteiger partial charge in [-0.2, -0.15) is 0 Å². The van der Waals surface area contributed by atoms with Crippen LogP contribution < -0.4 is 0 Å². The molecule has 0 spiro atoms. The molecule has 0 aliphatic carbocycles. The Hall–Kier alpha value is -0.530. The Morgan fingerprint density at radius 2 is 1.93 bits per heavy atom. The number of halogens is 5. The maximum absolute atomic E-state index is 13.2. The van der Waals surface area contributed by atoms with Crippen molar-refractivity contribution in [2.24, 2.45) is 0 Å². The summed E-state index contributed by atoms with van der Waals surface area (Å²) in [7, 11) is 0.334. The van der Waals surface area contributed by atoms with Crippen molar-refractivity contribution in [3.8, 4) is 0 Å². The molecule has 0 radical (unpaired) electrons. The average molecular weight is 280 g/mol. The van der Waals surface area contributed by atoms with E-state index in [4.69, 9.17) is 22.3 Å². The maximum atomic E-state index is 13.2. The fraction of sp³-hybridized carbons (Fsp3) is 0.167. The standard InChI is InChI=1S/C6H2Cl2F3NO2S/c7-5-3(6(10)11)4(9)2(1-12-5)15(8,13)14/h1,6H. The molecule has 0 aliphatic rings. The van der Waals surface area contributed by atoms with Gasteiger partial charge in [0.2, 0.25) is 0 Å². The molecule has 0 aromatic carbocycles. The zero-order valence-corrected chi connectivity index (χ0v) is 9.04. The third kappa shape index (κ3) is 2.53. The van der Waals surface area contributed by atoms with Crippen molar-refractivity contribution in [3.05, 3.63) is 22.7 Å². The van der Waals surface area contributed by atoms with Gasteiger partial charge in [-0.15, -0.1) is 0 Å². The van der Waals surface area contributed by atoms with Crippen molar-refractivity contribution in [2.75, 3.05) is 0 Å². The molecule has 0 N–H and O–H groups in total. The summed E-state index contributed by atoms with van der Waals surface area (Å²) in [5.41, 5.74) is -1.28. The molecule has 84 valence electrons. The number of hydrogen-bond donors (Lipinski definition) is 0. The van der Waals surface area contributed by atoms with Crippen LogP contribution in [0.3, 0.4) is 0 Å². The van der Waals surface area contributed by atoms with Gasteiger partial charge in [-0.25, -0.2) is 26.6 Å². The Bertz CT molecular complexity index is 491. The summed E-state index contributed by atoms with van der Waals surface area (Å²) >= 11 is 5.18. The van der Waals surface area contributed by atoms with Crippen LogP contribution in [-0.4, -0.2) is 13.4 Å². The third-order valence-electron chi connectivity index (χ3n) is 1.45. The van der Waals surface area contributed by atoms with Crippen molar-refractivity contribution in [1.82, 2.24) is 4.98 Å². The minimum Gasteiger partial charge on any atom is -0.242 e. The molecule has 1 aromatic rings. The Morgan fingerprint density at radius 1 is 1.40 bits per heavy atom. The molecular weight excluding hydrogens is 278 g/mol. The molecule has 0 fully saturated rings. The van der Waals surface area contributed by atoms with Crippen molar-refractivity contribution >= 4 is 31.3 Å². The van der Waals surface area contributed by atoms with E-state index in [0.29, 0.717) is 6.20 Å². The minimum atomic E-state index is -4.46. The summed E-state index contributed by atoms with van der Waals surface area (Å²) in [6.07, 6.45) is -2.80. The van der Waals surface area contributed by atoms with E-state index in [0.717, 1.165) is 0 Å². The zero-order valence-electron chi connectivity index (χ0n) is 6.72. The molecule has 0 bridgehead atoms. The van der Waals surface area contributed by atoms with E-state index in [1.54, 1.807) is 0 Å². The smallest absolute Gasteiger partial charge is 0.242 e. The molecule has 9 heteroatoms. The summed E-state index contributed by atoms with van der Waals surface area (Å²) in [6.45, 7) is 0. The van der Waals surface area contributed by atoms with E-state index in [1.807, 2.05) is 0 Å². The quantitative estimate of drug-likeness (QED) is 0.618. The lowest BCUT2D eigenvalue weighted by Gasteiger charge is -2.06. The highest BCUT2D eigenvalue weighted by Gasteiger charge is 2.26. The van der Waals surface area contributed by atoms with Gasteiger partial charge < -0.3 is 0 Å². The molecule has 0 unspecified atom stereocenters. The largest absolute Gasteiger partial charge is 0.269 e. The summed E-state index contributed by atoms with van der Waals surface area (Å²) in [4.78, 5) is 1.99. The Morgan fingerprint density at radius 3 is 2.33 bits per heavy atom. The molecule has 0 amide bonds. The molecule has 3 nitrogen and oxygen atoms in total. The molecule has 0 aliphatic heterocycles. The van der Waals surface area contributed by atoms with Crippen LogP contribution in [0.4, 0.5) is 13.2 Å². The second-order valence-electron chi connectivity index (χ2n) is 2.38. The van der Waals surface area contributed by atoms with Gasteiger partial charge in [0, 0.05) is 10.7 Å². The molecule has 1 heterocycles. The average Bonchev–Trinajstić information content (AvgIpc) is 2.00. The number of nitrogens with zero attached hydrogens (tertiary/aromatic N) is 1. The summed E-state index contributed by atoms with van der Waals surface area (Å²) in [6, 6.07) is 0. The van der Waals surface area contributed by atoms with Crippen molar-refractivity contribution in [2.45, 2.75) is 11.3 Å². The summed E-state index contributed by atoms with van der Waals surface area (Å²) in [5, 5.41) is -0.799. The first kappa shape index (κ1) is 12.5. The lowest BCUT2D eigenvalue weighted by atomic mass is 10.3. The highest BCUT2D eigenvalue weighted by molar-refractivity contribution is 8.13. The van der Waals surface area contributed by atoms with Gasteiger partial charge in [0.1, 0.15) is 10.0 Å². The van der Waals surface area contributed by atoms with Gasteiger partial charge in [0.05, 0.1) is 11.8 Å². The first-order chi connectivity index (χ1) is 6.75. The molecule has 0 saturated carbocycles. The van der Waals surface area contributed by atoms with Crippen LogP contribution >= 0.6 is 22.3 Å². The van der Waals surface area contributed by atoms with Gasteiger partial charge >= 0.3 is 0 Å². The van der Waals surface area contributed by atoms with Gasteiger partial charge in [-0.3, -0.25) is 0 Å². The fourth-order valence-corrected chi connectivity index (χ4v) is 1.86. The molecule has 1 aromatic heterocycles. The molecule has 1 rings (SSSR count). The molecule has 0 atom stereocenters. The predicted molar refractivity (Wildman–Crippen MR) is 47.2 cm³/mol. The van der Waals surface area contributed by atoms with Crippen molar-refractivity contribution < 1.29 is 21.6 Å². The topological polar surface area (TPSA) is 47.0 Å². The number of alkyl halides is 2. The van der Waals surface area contributed by atoms with Crippen molar-refractivity contribution in [1.29, 1.82) is 0 Å². The summed E-state index contributed by atoms with van der Waals surface area (Å²) < 4.78 is 59.2. The highest BCUT2D eigenvalue weighted by atomic mass is 35.7. The first-order valence-corrected chi connectivity index (χ1v) is 6.00. The van der Waals surface area contributed by atoms with Crippen LogP contribution in [0.2, 0.25) is 5.15 Å². The van der Waals surface area contributed by atoms with Gasteiger partial charge in [0.25, 0.3) is 15.5 Å². The van der Waals surface area contributed by atoms with Crippen LogP contribution in [0, 0.1) is 5.82 Å². The monoisotopic (exact) mass is 279 g/mol. The minimum absolute atomic E-state index is 0.478. The highest BCUT2D eigenvalue weighted by Crippen LogP contribution is 2.32. The van der Waals surface area contributed by atoms with E-state index in [2.05, 4.69) is 4.98 Å². The number of rotatable bonds is 2.